The second-order valence-electron chi connectivity index (χ2n) is 7.02. The number of ether oxygens (including phenoxy) is 1. The molecule has 1 saturated heterocycles. The highest BCUT2D eigenvalue weighted by atomic mass is 16.5. The fourth-order valence-electron chi connectivity index (χ4n) is 3.66. The van der Waals surface area contributed by atoms with E-state index in [4.69, 9.17) is 4.74 Å². The lowest BCUT2D eigenvalue weighted by atomic mass is 9.98. The Morgan fingerprint density at radius 3 is 2.28 bits per heavy atom. The summed E-state index contributed by atoms with van der Waals surface area (Å²) in [7, 11) is 0. The lowest BCUT2D eigenvalue weighted by Gasteiger charge is -2.33. The first-order valence-electron chi connectivity index (χ1n) is 9.98. The van der Waals surface area contributed by atoms with E-state index in [1.165, 1.54) is 0 Å². The van der Waals surface area contributed by atoms with Crippen LogP contribution >= 0.6 is 0 Å². The van der Waals surface area contributed by atoms with Crippen LogP contribution < -0.4 is 0 Å². The number of amides is 1. The van der Waals surface area contributed by atoms with Crippen molar-refractivity contribution in [3.05, 3.63) is 47.3 Å². The molecular weight excluding hydrogens is 370 g/mol. The summed E-state index contributed by atoms with van der Waals surface area (Å²) < 4.78 is 5.19. The van der Waals surface area contributed by atoms with Gasteiger partial charge in [-0.25, -0.2) is 4.79 Å². The van der Waals surface area contributed by atoms with Crippen LogP contribution in [-0.2, 0) is 9.53 Å². The van der Waals surface area contributed by atoms with Crippen molar-refractivity contribution in [1.82, 2.24) is 14.8 Å². The number of piperazine rings is 1. The van der Waals surface area contributed by atoms with Gasteiger partial charge in [0.2, 0.25) is 0 Å². The van der Waals surface area contributed by atoms with Crippen molar-refractivity contribution in [3.63, 3.8) is 0 Å². The molecule has 1 N–H and O–H groups in total. The molecule has 7 nitrogen and oxygen atoms in total. The van der Waals surface area contributed by atoms with Gasteiger partial charge >= 0.3 is 5.97 Å². The number of aromatic nitrogens is 1. The molecule has 2 aromatic rings. The van der Waals surface area contributed by atoms with E-state index < -0.39 is 17.7 Å². The van der Waals surface area contributed by atoms with E-state index in [0.29, 0.717) is 35.5 Å². The topological polar surface area (TPSA) is 82.7 Å². The highest BCUT2D eigenvalue weighted by Crippen LogP contribution is 2.31. The van der Waals surface area contributed by atoms with Gasteiger partial charge in [0.1, 0.15) is 5.69 Å². The summed E-state index contributed by atoms with van der Waals surface area (Å²) in [4.78, 5) is 45.5. The predicted octanol–water partition coefficient (Wildman–Crippen LogP) is 2.51. The second-order valence-corrected chi connectivity index (χ2v) is 7.02. The molecule has 0 atom stereocenters. The molecule has 3 rings (SSSR count). The van der Waals surface area contributed by atoms with E-state index in [-0.39, 0.29) is 12.3 Å². The maximum atomic E-state index is 13.1. The number of hydrogen-bond acceptors (Lipinski definition) is 5. The number of hydrogen-bond donors (Lipinski definition) is 1. The standard InChI is InChI=1S/C22H27N3O4/c1-4-24-11-13-25(14-12-24)21(27)20(26)19-18(16-9-7-6-8-10-16)17(15(3)23-19)22(28)29-5-2/h6-10,23H,4-5,11-14H2,1-3H3. The van der Waals surface area contributed by atoms with Crippen LogP contribution in [0.3, 0.4) is 0 Å². The van der Waals surface area contributed by atoms with Gasteiger partial charge in [0.05, 0.1) is 12.2 Å². The van der Waals surface area contributed by atoms with E-state index in [1.54, 1.807) is 18.7 Å². The number of nitrogens with one attached hydrogen (secondary N) is 1. The molecule has 29 heavy (non-hydrogen) atoms. The molecule has 0 aliphatic carbocycles. The molecule has 7 heteroatoms. The first-order chi connectivity index (χ1) is 14.0. The van der Waals surface area contributed by atoms with Gasteiger partial charge in [-0.3, -0.25) is 9.59 Å². The van der Waals surface area contributed by atoms with Crippen LogP contribution in [0.25, 0.3) is 11.1 Å². The summed E-state index contributed by atoms with van der Waals surface area (Å²) in [6.07, 6.45) is 0. The molecule has 0 radical (unpaired) electrons. The van der Waals surface area contributed by atoms with Gasteiger partial charge in [-0.15, -0.1) is 0 Å². The van der Waals surface area contributed by atoms with Crippen molar-refractivity contribution in [2.24, 2.45) is 0 Å². The van der Waals surface area contributed by atoms with Crippen LogP contribution in [0.15, 0.2) is 30.3 Å². The number of H-pyrrole nitrogens is 1. The van der Waals surface area contributed by atoms with E-state index in [9.17, 15) is 14.4 Å². The van der Waals surface area contributed by atoms with Crippen LogP contribution in [0.4, 0.5) is 0 Å². The smallest absolute Gasteiger partial charge is 0.340 e. The third-order valence-corrected chi connectivity index (χ3v) is 5.26. The molecule has 154 valence electrons. The van der Waals surface area contributed by atoms with E-state index in [0.717, 1.165) is 19.6 Å². The highest BCUT2D eigenvalue weighted by Gasteiger charge is 2.32. The van der Waals surface area contributed by atoms with Crippen molar-refractivity contribution in [2.75, 3.05) is 39.3 Å². The second kappa shape index (κ2) is 9.05. The third kappa shape index (κ3) is 4.24. The molecule has 0 saturated carbocycles. The Labute approximate surface area is 170 Å². The molecular formula is C22H27N3O4. The van der Waals surface area contributed by atoms with Gasteiger partial charge < -0.3 is 19.5 Å². The Morgan fingerprint density at radius 2 is 1.69 bits per heavy atom. The lowest BCUT2D eigenvalue weighted by Crippen LogP contribution is -2.50. The number of esters is 1. The number of nitrogens with zero attached hydrogens (tertiary/aromatic N) is 2. The Kier molecular flexibility index (Phi) is 6.49. The normalized spacial score (nSPS) is 14.7. The van der Waals surface area contributed by atoms with Crippen molar-refractivity contribution < 1.29 is 19.1 Å². The summed E-state index contributed by atoms with van der Waals surface area (Å²) in [6.45, 7) is 9.19. The van der Waals surface area contributed by atoms with Crippen LogP contribution in [0.5, 0.6) is 0 Å². The average Bonchev–Trinajstić information content (AvgIpc) is 3.10. The maximum Gasteiger partial charge on any atom is 0.340 e. The van der Waals surface area contributed by atoms with Gasteiger partial charge in [-0.2, -0.15) is 0 Å². The van der Waals surface area contributed by atoms with Crippen LogP contribution in [0.2, 0.25) is 0 Å². The molecule has 1 aromatic carbocycles. The zero-order valence-corrected chi connectivity index (χ0v) is 17.2. The zero-order chi connectivity index (χ0) is 21.0. The third-order valence-electron chi connectivity index (χ3n) is 5.26. The predicted molar refractivity (Wildman–Crippen MR) is 110 cm³/mol. The fraction of sp³-hybridized carbons (Fsp3) is 0.409. The SMILES string of the molecule is CCOC(=O)c1c(C)[nH]c(C(=O)C(=O)N2CCN(CC)CC2)c1-c1ccccc1. The Hall–Kier alpha value is -2.93. The minimum Gasteiger partial charge on any atom is -0.462 e. The van der Waals surface area contributed by atoms with Crippen LogP contribution in [0.1, 0.15) is 40.4 Å². The Balaban J connectivity index is 1.98. The number of Topliss-reactive ketones (excluding diaryl/α,β-unsaturated/α-hetero) is 1. The molecule has 1 aromatic heterocycles. The van der Waals surface area contributed by atoms with E-state index in [2.05, 4.69) is 16.8 Å². The van der Waals surface area contributed by atoms with Gasteiger partial charge in [-0.1, -0.05) is 37.3 Å². The van der Waals surface area contributed by atoms with Gasteiger partial charge in [0, 0.05) is 37.4 Å². The highest BCUT2D eigenvalue weighted by molar-refractivity contribution is 6.43. The molecule has 1 aliphatic heterocycles. The molecule has 1 amide bonds. The van der Waals surface area contributed by atoms with Crippen molar-refractivity contribution in [3.8, 4) is 11.1 Å². The van der Waals surface area contributed by atoms with Gasteiger partial charge in [-0.05, 0) is 26.0 Å². The number of benzene rings is 1. The summed E-state index contributed by atoms with van der Waals surface area (Å²) in [5, 5.41) is 0. The minimum atomic E-state index is -0.632. The summed E-state index contributed by atoms with van der Waals surface area (Å²) in [6, 6.07) is 9.13. The molecule has 0 unspecified atom stereocenters. The minimum absolute atomic E-state index is 0.139. The number of rotatable bonds is 6. The van der Waals surface area contributed by atoms with E-state index in [1.807, 2.05) is 30.3 Å². The van der Waals surface area contributed by atoms with Crippen molar-refractivity contribution >= 4 is 17.7 Å². The monoisotopic (exact) mass is 397 g/mol. The fourth-order valence-corrected chi connectivity index (χ4v) is 3.66. The van der Waals surface area contributed by atoms with Crippen LogP contribution in [-0.4, -0.2) is 71.8 Å². The van der Waals surface area contributed by atoms with Gasteiger partial charge in [0.15, 0.2) is 0 Å². The largest absolute Gasteiger partial charge is 0.462 e. The molecule has 1 fully saturated rings. The van der Waals surface area contributed by atoms with E-state index >= 15 is 0 Å². The maximum absolute atomic E-state index is 13.1. The summed E-state index contributed by atoms with van der Waals surface area (Å²) in [5.74, 6) is -1.69. The quantitative estimate of drug-likeness (QED) is 0.460. The number of ketones is 1. The molecule has 2 heterocycles. The zero-order valence-electron chi connectivity index (χ0n) is 17.2. The number of carbonyl (C=O) groups excluding carboxylic acids is 3. The Morgan fingerprint density at radius 1 is 1.03 bits per heavy atom. The molecule has 1 aliphatic rings. The average molecular weight is 397 g/mol. The first-order valence-corrected chi connectivity index (χ1v) is 9.98. The molecule has 0 spiro atoms. The van der Waals surface area contributed by atoms with Crippen molar-refractivity contribution in [2.45, 2.75) is 20.8 Å². The summed E-state index contributed by atoms with van der Waals surface area (Å²) >= 11 is 0. The number of aryl methyl sites for hydroxylation is 1. The Bertz CT molecular complexity index is 896. The van der Waals surface area contributed by atoms with Gasteiger partial charge in [0.25, 0.3) is 11.7 Å². The number of aromatic amines is 1. The summed E-state index contributed by atoms with van der Waals surface area (Å²) in [5.41, 5.74) is 2.05. The first kappa shape index (κ1) is 20.8. The number of carbonyl (C=O) groups is 3. The van der Waals surface area contributed by atoms with Crippen molar-refractivity contribution in [1.29, 1.82) is 0 Å². The molecule has 0 bridgehead atoms. The van der Waals surface area contributed by atoms with Crippen LogP contribution in [0, 0.1) is 6.92 Å². The lowest BCUT2D eigenvalue weighted by molar-refractivity contribution is -0.128. The number of likely N-dealkylation sites (N-methyl/N-ethyl adjacent to an activating group) is 1.